The SMILES string of the molecule is Cc1ccc(N2CCN(C(=O)CCn3nnc4ccccc4c3=O)CC2)c(C)c1. The Morgan fingerprint density at radius 2 is 1.79 bits per heavy atom. The maximum atomic E-state index is 12.6. The molecule has 1 aliphatic rings. The fraction of sp³-hybridized carbons (Fsp3) is 0.364. The van der Waals surface area contributed by atoms with Crippen molar-refractivity contribution in [3.05, 3.63) is 63.9 Å². The number of fused-ring (bicyclic) bond motifs is 1. The summed E-state index contributed by atoms with van der Waals surface area (Å²) in [5, 5.41) is 8.56. The molecular formula is C22H25N5O2. The second-order valence-corrected chi connectivity index (χ2v) is 7.54. The van der Waals surface area contributed by atoms with Crippen molar-refractivity contribution in [2.75, 3.05) is 31.1 Å². The zero-order valence-electron chi connectivity index (χ0n) is 16.8. The quantitative estimate of drug-likeness (QED) is 0.682. The van der Waals surface area contributed by atoms with E-state index in [1.54, 1.807) is 18.2 Å². The lowest BCUT2D eigenvalue weighted by Crippen LogP contribution is -2.49. The number of aryl methyl sites for hydroxylation is 3. The lowest BCUT2D eigenvalue weighted by atomic mass is 10.1. The third kappa shape index (κ3) is 3.99. The summed E-state index contributed by atoms with van der Waals surface area (Å²) in [4.78, 5) is 29.4. The molecule has 7 heteroatoms. The Kier molecular flexibility index (Phi) is 5.29. The Morgan fingerprint density at radius 3 is 2.55 bits per heavy atom. The molecule has 0 aliphatic carbocycles. The predicted octanol–water partition coefficient (Wildman–Crippen LogP) is 2.15. The highest BCUT2D eigenvalue weighted by Crippen LogP contribution is 2.22. The van der Waals surface area contributed by atoms with E-state index in [2.05, 4.69) is 47.3 Å². The van der Waals surface area contributed by atoms with Crippen molar-refractivity contribution in [2.45, 2.75) is 26.8 Å². The second-order valence-electron chi connectivity index (χ2n) is 7.54. The Labute approximate surface area is 169 Å². The van der Waals surface area contributed by atoms with Crippen molar-refractivity contribution in [1.82, 2.24) is 19.9 Å². The number of carbonyl (C=O) groups excluding carboxylic acids is 1. The van der Waals surface area contributed by atoms with Gasteiger partial charge in [0.05, 0.1) is 11.9 Å². The first-order valence-corrected chi connectivity index (χ1v) is 9.95. The normalized spacial score (nSPS) is 14.4. The van der Waals surface area contributed by atoms with Gasteiger partial charge in [-0.05, 0) is 37.6 Å². The third-order valence-corrected chi connectivity index (χ3v) is 5.49. The zero-order chi connectivity index (χ0) is 20.4. The molecule has 2 aromatic carbocycles. The van der Waals surface area contributed by atoms with Gasteiger partial charge in [-0.1, -0.05) is 35.0 Å². The molecule has 0 N–H and O–H groups in total. The predicted molar refractivity (Wildman–Crippen MR) is 113 cm³/mol. The van der Waals surface area contributed by atoms with E-state index in [1.807, 2.05) is 11.0 Å². The summed E-state index contributed by atoms with van der Waals surface area (Å²) in [7, 11) is 0. The van der Waals surface area contributed by atoms with Gasteiger partial charge in [0.1, 0.15) is 5.52 Å². The van der Waals surface area contributed by atoms with Crippen LogP contribution < -0.4 is 10.5 Å². The van der Waals surface area contributed by atoms with Gasteiger partial charge < -0.3 is 9.80 Å². The number of carbonyl (C=O) groups is 1. The van der Waals surface area contributed by atoms with Gasteiger partial charge in [-0.25, -0.2) is 4.68 Å². The Balaban J connectivity index is 1.36. The molecule has 150 valence electrons. The minimum absolute atomic E-state index is 0.0483. The second kappa shape index (κ2) is 8.03. The van der Waals surface area contributed by atoms with Crippen LogP contribution in [0, 0.1) is 13.8 Å². The maximum absolute atomic E-state index is 12.6. The lowest BCUT2D eigenvalue weighted by Gasteiger charge is -2.37. The van der Waals surface area contributed by atoms with Gasteiger partial charge >= 0.3 is 0 Å². The molecule has 4 rings (SSSR count). The van der Waals surface area contributed by atoms with Crippen LogP contribution in [0.25, 0.3) is 10.9 Å². The summed E-state index contributed by atoms with van der Waals surface area (Å²) in [5.74, 6) is 0.0483. The molecular weight excluding hydrogens is 366 g/mol. The average molecular weight is 391 g/mol. The first-order valence-electron chi connectivity index (χ1n) is 9.95. The third-order valence-electron chi connectivity index (χ3n) is 5.49. The molecule has 0 radical (unpaired) electrons. The number of anilines is 1. The van der Waals surface area contributed by atoms with Gasteiger partial charge in [0.15, 0.2) is 0 Å². The van der Waals surface area contributed by atoms with E-state index in [0.717, 1.165) is 13.1 Å². The molecule has 0 spiro atoms. The Morgan fingerprint density at radius 1 is 1.03 bits per heavy atom. The van der Waals surface area contributed by atoms with E-state index < -0.39 is 0 Å². The molecule has 1 aromatic heterocycles. The summed E-state index contributed by atoms with van der Waals surface area (Å²) in [6.07, 6.45) is 0.247. The largest absolute Gasteiger partial charge is 0.368 e. The molecule has 1 fully saturated rings. The van der Waals surface area contributed by atoms with Crippen LogP contribution in [0.4, 0.5) is 5.69 Å². The van der Waals surface area contributed by atoms with E-state index in [9.17, 15) is 9.59 Å². The zero-order valence-corrected chi connectivity index (χ0v) is 16.8. The Bertz CT molecular complexity index is 1100. The summed E-state index contributed by atoms with van der Waals surface area (Å²) in [6.45, 7) is 7.46. The van der Waals surface area contributed by atoms with Gasteiger partial charge in [0, 0.05) is 38.3 Å². The minimum atomic E-state index is -0.205. The minimum Gasteiger partial charge on any atom is -0.368 e. The van der Waals surface area contributed by atoms with Crippen LogP contribution >= 0.6 is 0 Å². The van der Waals surface area contributed by atoms with Gasteiger partial charge in [-0.15, -0.1) is 5.10 Å². The topological polar surface area (TPSA) is 71.3 Å². The molecule has 0 bridgehead atoms. The van der Waals surface area contributed by atoms with Gasteiger partial charge in [0.2, 0.25) is 5.91 Å². The van der Waals surface area contributed by atoms with Crippen molar-refractivity contribution in [1.29, 1.82) is 0 Å². The highest BCUT2D eigenvalue weighted by atomic mass is 16.2. The van der Waals surface area contributed by atoms with Crippen LogP contribution in [0.5, 0.6) is 0 Å². The van der Waals surface area contributed by atoms with Crippen LogP contribution in [0.3, 0.4) is 0 Å². The van der Waals surface area contributed by atoms with Crippen LogP contribution in [0.2, 0.25) is 0 Å². The van der Waals surface area contributed by atoms with Crippen LogP contribution in [0.1, 0.15) is 17.5 Å². The van der Waals surface area contributed by atoms with Crippen molar-refractivity contribution >= 4 is 22.5 Å². The highest BCUT2D eigenvalue weighted by molar-refractivity contribution is 5.77. The van der Waals surface area contributed by atoms with Crippen LogP contribution in [-0.2, 0) is 11.3 Å². The number of benzene rings is 2. The molecule has 1 amide bonds. The number of hydrogen-bond acceptors (Lipinski definition) is 5. The smallest absolute Gasteiger partial charge is 0.277 e. The molecule has 0 saturated carbocycles. The molecule has 1 saturated heterocycles. The van der Waals surface area contributed by atoms with Crippen molar-refractivity contribution in [2.24, 2.45) is 0 Å². The number of aromatic nitrogens is 3. The molecule has 3 aromatic rings. The standard InChI is InChI=1S/C22H25N5O2/c1-16-7-8-20(17(2)15-16)25-11-13-26(14-12-25)21(28)9-10-27-22(29)18-5-3-4-6-19(18)23-24-27/h3-8,15H,9-14H2,1-2H3. The number of rotatable bonds is 4. The fourth-order valence-electron chi connectivity index (χ4n) is 3.89. The number of piperazine rings is 1. The van der Waals surface area contributed by atoms with E-state index in [0.29, 0.717) is 24.0 Å². The number of nitrogens with zero attached hydrogens (tertiary/aromatic N) is 5. The van der Waals surface area contributed by atoms with E-state index in [-0.39, 0.29) is 24.4 Å². The summed E-state index contributed by atoms with van der Waals surface area (Å²) in [6, 6.07) is 13.6. The van der Waals surface area contributed by atoms with Crippen LogP contribution in [0.15, 0.2) is 47.3 Å². The lowest BCUT2D eigenvalue weighted by molar-refractivity contribution is -0.131. The monoisotopic (exact) mass is 391 g/mol. The van der Waals surface area contributed by atoms with Crippen molar-refractivity contribution in [3.63, 3.8) is 0 Å². The first kappa shape index (κ1) is 19.1. The Hall–Kier alpha value is -3.22. The molecule has 29 heavy (non-hydrogen) atoms. The number of amides is 1. The van der Waals surface area contributed by atoms with E-state index in [4.69, 9.17) is 0 Å². The van der Waals surface area contributed by atoms with E-state index in [1.165, 1.54) is 21.5 Å². The highest BCUT2D eigenvalue weighted by Gasteiger charge is 2.22. The molecule has 0 atom stereocenters. The molecule has 0 unspecified atom stereocenters. The fourth-order valence-corrected chi connectivity index (χ4v) is 3.89. The average Bonchev–Trinajstić information content (AvgIpc) is 2.73. The van der Waals surface area contributed by atoms with Gasteiger partial charge in [-0.2, -0.15) is 0 Å². The molecule has 2 heterocycles. The first-order chi connectivity index (χ1) is 14.0. The van der Waals surface area contributed by atoms with E-state index >= 15 is 0 Å². The van der Waals surface area contributed by atoms with Crippen molar-refractivity contribution < 1.29 is 4.79 Å². The summed E-state index contributed by atoms with van der Waals surface area (Å²) < 4.78 is 1.28. The van der Waals surface area contributed by atoms with Crippen molar-refractivity contribution in [3.8, 4) is 0 Å². The van der Waals surface area contributed by atoms with Gasteiger partial charge in [0.25, 0.3) is 5.56 Å². The molecule has 7 nitrogen and oxygen atoms in total. The van der Waals surface area contributed by atoms with Crippen LogP contribution in [-0.4, -0.2) is 52.0 Å². The maximum Gasteiger partial charge on any atom is 0.277 e. The summed E-state index contributed by atoms with van der Waals surface area (Å²) in [5.41, 5.74) is 4.12. The molecule has 1 aliphatic heterocycles. The number of hydrogen-bond donors (Lipinski definition) is 0. The summed E-state index contributed by atoms with van der Waals surface area (Å²) >= 11 is 0. The van der Waals surface area contributed by atoms with Gasteiger partial charge in [-0.3, -0.25) is 9.59 Å².